The lowest BCUT2D eigenvalue weighted by Gasteiger charge is -2.22. The third kappa shape index (κ3) is 3.66. The Morgan fingerprint density at radius 2 is 2.21 bits per heavy atom. The molecule has 1 aromatic heterocycles. The number of nitrogens with one attached hydrogen (secondary N) is 1. The molecule has 1 fully saturated rings. The van der Waals surface area contributed by atoms with Crippen LogP contribution in [-0.2, 0) is 6.54 Å². The van der Waals surface area contributed by atoms with Gasteiger partial charge in [0.2, 0.25) is 0 Å². The van der Waals surface area contributed by atoms with Crippen molar-refractivity contribution >= 4 is 5.82 Å². The Kier molecular flexibility index (Phi) is 4.75. The molecule has 0 bridgehead atoms. The van der Waals surface area contributed by atoms with Crippen LogP contribution in [0.3, 0.4) is 0 Å². The molecule has 19 heavy (non-hydrogen) atoms. The molecule has 1 aromatic rings. The molecule has 0 spiro atoms. The summed E-state index contributed by atoms with van der Waals surface area (Å²) in [6.45, 7) is 8.64. The molecule has 106 valence electrons. The van der Waals surface area contributed by atoms with Crippen molar-refractivity contribution in [1.82, 2.24) is 10.3 Å². The molecule has 1 aliphatic carbocycles. The van der Waals surface area contributed by atoms with E-state index in [0.29, 0.717) is 29.9 Å². The summed E-state index contributed by atoms with van der Waals surface area (Å²) in [7, 11) is 0. The van der Waals surface area contributed by atoms with E-state index in [-0.39, 0.29) is 5.82 Å². The van der Waals surface area contributed by atoms with Crippen LogP contribution in [0.15, 0.2) is 12.3 Å². The molecule has 4 heteroatoms. The van der Waals surface area contributed by atoms with Crippen molar-refractivity contribution in [3.63, 3.8) is 0 Å². The molecule has 1 aliphatic rings. The summed E-state index contributed by atoms with van der Waals surface area (Å²) in [5.41, 5.74) is 0.713. The Hall–Kier alpha value is -1.16. The van der Waals surface area contributed by atoms with Crippen molar-refractivity contribution in [3.8, 4) is 0 Å². The summed E-state index contributed by atoms with van der Waals surface area (Å²) < 4.78 is 14.5. The summed E-state index contributed by atoms with van der Waals surface area (Å²) in [4.78, 5) is 6.32. The van der Waals surface area contributed by atoms with Gasteiger partial charge in [-0.1, -0.05) is 13.8 Å². The number of pyridine rings is 1. The predicted molar refractivity (Wildman–Crippen MR) is 76.8 cm³/mol. The fourth-order valence-corrected chi connectivity index (χ4v) is 2.27. The van der Waals surface area contributed by atoms with Crippen LogP contribution < -0.4 is 10.2 Å². The maximum Gasteiger partial charge on any atom is 0.170 e. The maximum atomic E-state index is 14.5. The van der Waals surface area contributed by atoms with Crippen molar-refractivity contribution in [2.75, 3.05) is 18.0 Å². The molecule has 0 saturated heterocycles. The molecule has 0 unspecified atom stereocenters. The first-order chi connectivity index (χ1) is 9.13. The molecule has 0 atom stereocenters. The van der Waals surface area contributed by atoms with Gasteiger partial charge in [-0.2, -0.15) is 0 Å². The van der Waals surface area contributed by atoms with Gasteiger partial charge in [0.05, 0.1) is 0 Å². The Balaban J connectivity index is 2.08. The third-order valence-corrected chi connectivity index (χ3v) is 3.42. The van der Waals surface area contributed by atoms with Crippen LogP contribution in [0.25, 0.3) is 0 Å². The molecular weight excluding hydrogens is 241 g/mol. The number of aromatic nitrogens is 1. The van der Waals surface area contributed by atoms with E-state index in [0.717, 1.165) is 25.9 Å². The topological polar surface area (TPSA) is 28.2 Å². The highest BCUT2D eigenvalue weighted by molar-refractivity contribution is 5.45. The minimum atomic E-state index is -0.160. The van der Waals surface area contributed by atoms with Gasteiger partial charge in [0.15, 0.2) is 11.6 Å². The summed E-state index contributed by atoms with van der Waals surface area (Å²) in [5.74, 6) is 0.935. The average Bonchev–Trinajstić information content (AvgIpc) is 3.18. The second-order valence-electron chi connectivity index (χ2n) is 5.65. The van der Waals surface area contributed by atoms with Crippen molar-refractivity contribution in [2.24, 2.45) is 5.92 Å². The molecular formula is C15H24FN3. The van der Waals surface area contributed by atoms with Gasteiger partial charge >= 0.3 is 0 Å². The smallest absolute Gasteiger partial charge is 0.170 e. The van der Waals surface area contributed by atoms with Crippen LogP contribution in [0.4, 0.5) is 10.2 Å². The zero-order valence-corrected chi connectivity index (χ0v) is 12.1. The normalized spacial score (nSPS) is 15.0. The van der Waals surface area contributed by atoms with Crippen LogP contribution >= 0.6 is 0 Å². The van der Waals surface area contributed by atoms with Crippen LogP contribution in [0.2, 0.25) is 0 Å². The molecule has 0 aromatic carbocycles. The van der Waals surface area contributed by atoms with Crippen molar-refractivity contribution in [3.05, 3.63) is 23.6 Å². The van der Waals surface area contributed by atoms with Crippen LogP contribution in [0, 0.1) is 11.7 Å². The number of halogens is 1. The van der Waals surface area contributed by atoms with E-state index in [1.807, 2.05) is 0 Å². The van der Waals surface area contributed by atoms with E-state index in [1.54, 1.807) is 12.3 Å². The minimum absolute atomic E-state index is 0.160. The summed E-state index contributed by atoms with van der Waals surface area (Å²) in [6.07, 6.45) is 4.03. The first-order valence-corrected chi connectivity index (χ1v) is 7.24. The third-order valence-electron chi connectivity index (χ3n) is 3.42. The minimum Gasteiger partial charge on any atom is -0.351 e. The zero-order valence-electron chi connectivity index (χ0n) is 12.1. The quantitative estimate of drug-likeness (QED) is 0.821. The van der Waals surface area contributed by atoms with E-state index in [2.05, 4.69) is 36.0 Å². The van der Waals surface area contributed by atoms with Gasteiger partial charge in [-0.15, -0.1) is 0 Å². The Morgan fingerprint density at radius 1 is 1.47 bits per heavy atom. The number of hydrogen-bond donors (Lipinski definition) is 1. The Morgan fingerprint density at radius 3 is 2.79 bits per heavy atom. The van der Waals surface area contributed by atoms with E-state index in [9.17, 15) is 4.39 Å². The lowest BCUT2D eigenvalue weighted by Crippen LogP contribution is -2.28. The maximum absolute atomic E-state index is 14.5. The first kappa shape index (κ1) is 14.3. The number of hydrogen-bond acceptors (Lipinski definition) is 3. The van der Waals surface area contributed by atoms with Gasteiger partial charge in [-0.25, -0.2) is 9.37 Å². The first-order valence-electron chi connectivity index (χ1n) is 7.24. The molecule has 1 saturated carbocycles. The zero-order chi connectivity index (χ0) is 13.8. The lowest BCUT2D eigenvalue weighted by molar-refractivity contribution is 0.531. The van der Waals surface area contributed by atoms with Gasteiger partial charge in [-0.3, -0.25) is 0 Å². The molecule has 1 heterocycles. The molecule has 2 rings (SSSR count). The highest BCUT2D eigenvalue weighted by Gasteiger charge is 2.30. The lowest BCUT2D eigenvalue weighted by atomic mass is 10.2. The standard InChI is InChI=1S/C15H24FN3/c1-4-19(13-5-6-13)15-14(16)12(7-8-18-15)10-17-9-11(2)3/h7-8,11,13,17H,4-6,9-10H2,1-3H3. The van der Waals surface area contributed by atoms with E-state index >= 15 is 0 Å². The predicted octanol–water partition coefficient (Wildman–Crippen LogP) is 2.96. The number of anilines is 1. The van der Waals surface area contributed by atoms with Gasteiger partial charge in [0.1, 0.15) is 0 Å². The van der Waals surface area contributed by atoms with Gasteiger partial charge in [0, 0.05) is 30.9 Å². The Labute approximate surface area is 115 Å². The van der Waals surface area contributed by atoms with Gasteiger partial charge in [0.25, 0.3) is 0 Å². The van der Waals surface area contributed by atoms with Crippen LogP contribution in [0.1, 0.15) is 39.2 Å². The second kappa shape index (κ2) is 6.33. The van der Waals surface area contributed by atoms with Crippen molar-refractivity contribution in [2.45, 2.75) is 46.2 Å². The van der Waals surface area contributed by atoms with Crippen molar-refractivity contribution < 1.29 is 4.39 Å². The number of nitrogens with zero attached hydrogens (tertiary/aromatic N) is 2. The highest BCUT2D eigenvalue weighted by atomic mass is 19.1. The summed E-state index contributed by atoms with van der Waals surface area (Å²) >= 11 is 0. The number of rotatable bonds is 7. The summed E-state index contributed by atoms with van der Waals surface area (Å²) in [5, 5.41) is 3.28. The monoisotopic (exact) mass is 265 g/mol. The average molecular weight is 265 g/mol. The summed E-state index contributed by atoms with van der Waals surface area (Å²) in [6, 6.07) is 2.26. The largest absolute Gasteiger partial charge is 0.351 e. The SMILES string of the molecule is CCN(c1nccc(CNCC(C)C)c1F)C1CC1. The van der Waals surface area contributed by atoms with Crippen LogP contribution in [-0.4, -0.2) is 24.1 Å². The van der Waals surface area contributed by atoms with E-state index in [1.165, 1.54) is 0 Å². The second-order valence-corrected chi connectivity index (χ2v) is 5.65. The van der Waals surface area contributed by atoms with E-state index in [4.69, 9.17) is 0 Å². The van der Waals surface area contributed by atoms with Gasteiger partial charge in [-0.05, 0) is 38.3 Å². The van der Waals surface area contributed by atoms with Gasteiger partial charge < -0.3 is 10.2 Å². The highest BCUT2D eigenvalue weighted by Crippen LogP contribution is 2.32. The van der Waals surface area contributed by atoms with Crippen molar-refractivity contribution in [1.29, 1.82) is 0 Å². The van der Waals surface area contributed by atoms with E-state index < -0.39 is 0 Å². The molecule has 0 amide bonds. The molecule has 3 nitrogen and oxygen atoms in total. The fraction of sp³-hybridized carbons (Fsp3) is 0.667. The molecule has 1 N–H and O–H groups in total. The fourth-order valence-electron chi connectivity index (χ4n) is 2.27. The molecule has 0 aliphatic heterocycles. The molecule has 0 radical (unpaired) electrons. The Bertz CT molecular complexity index is 416. The van der Waals surface area contributed by atoms with Crippen LogP contribution in [0.5, 0.6) is 0 Å².